The van der Waals surface area contributed by atoms with Crippen LogP contribution >= 0.6 is 0 Å². The van der Waals surface area contributed by atoms with Crippen molar-refractivity contribution in [3.05, 3.63) is 78.2 Å². The van der Waals surface area contributed by atoms with E-state index in [1.165, 1.54) is 0 Å². The van der Waals surface area contributed by atoms with E-state index in [9.17, 15) is 4.79 Å². The van der Waals surface area contributed by atoms with Crippen LogP contribution in [0.15, 0.2) is 71.3 Å². The Morgan fingerprint density at radius 2 is 1.83 bits per heavy atom. The largest absolute Gasteiger partial charge is 0.489 e. The predicted octanol–water partition coefficient (Wildman–Crippen LogP) is 6.54. The van der Waals surface area contributed by atoms with E-state index in [-0.39, 0.29) is 12.1 Å². The molecule has 1 aliphatic rings. The average Bonchev–Trinajstić information content (AvgIpc) is 3.52. The molecule has 7 nitrogen and oxygen atoms in total. The van der Waals surface area contributed by atoms with E-state index in [1.807, 2.05) is 87.5 Å². The van der Waals surface area contributed by atoms with Crippen molar-refractivity contribution in [2.75, 3.05) is 6.54 Å². The van der Waals surface area contributed by atoms with Crippen molar-refractivity contribution in [1.82, 2.24) is 15.0 Å². The van der Waals surface area contributed by atoms with Crippen LogP contribution in [0.4, 0.5) is 4.79 Å². The van der Waals surface area contributed by atoms with Crippen molar-refractivity contribution in [1.29, 1.82) is 0 Å². The van der Waals surface area contributed by atoms with Gasteiger partial charge in [0.25, 0.3) is 0 Å². The minimum atomic E-state index is -0.554. The highest BCUT2D eigenvalue weighted by Gasteiger charge is 2.36. The second kappa shape index (κ2) is 9.41. The minimum absolute atomic E-state index is 0.268. The summed E-state index contributed by atoms with van der Waals surface area (Å²) < 4.78 is 17.1. The van der Waals surface area contributed by atoms with Crippen molar-refractivity contribution < 1.29 is 18.8 Å². The fraction of sp³-hybridized carbons (Fsp3) is 0.321. The van der Waals surface area contributed by atoms with Gasteiger partial charge in [-0.2, -0.15) is 4.98 Å². The Morgan fingerprint density at radius 3 is 2.63 bits per heavy atom. The Morgan fingerprint density at radius 1 is 1.06 bits per heavy atom. The van der Waals surface area contributed by atoms with Crippen LogP contribution in [0.1, 0.15) is 51.1 Å². The Kier molecular flexibility index (Phi) is 6.16. The van der Waals surface area contributed by atoms with E-state index < -0.39 is 5.60 Å². The van der Waals surface area contributed by atoms with E-state index in [4.69, 9.17) is 14.0 Å². The molecule has 0 aliphatic carbocycles. The number of ether oxygens (including phenoxy) is 2. The van der Waals surface area contributed by atoms with E-state index in [0.717, 1.165) is 40.5 Å². The molecule has 1 atom stereocenters. The highest BCUT2D eigenvalue weighted by Crippen LogP contribution is 2.34. The number of hydrogen-bond acceptors (Lipinski definition) is 6. The van der Waals surface area contributed by atoms with Crippen molar-refractivity contribution in [3.8, 4) is 17.1 Å². The topological polar surface area (TPSA) is 77.7 Å². The first-order valence-corrected chi connectivity index (χ1v) is 11.9. The maximum atomic E-state index is 12.6. The molecular weight excluding hydrogens is 442 g/mol. The van der Waals surface area contributed by atoms with Crippen LogP contribution in [0.2, 0.25) is 0 Å². The molecule has 0 bridgehead atoms. The normalized spacial score (nSPS) is 16.0. The smallest absolute Gasteiger partial charge is 0.410 e. The summed E-state index contributed by atoms with van der Waals surface area (Å²) in [6, 6.07) is 21.9. The molecule has 4 aromatic rings. The lowest BCUT2D eigenvalue weighted by Crippen LogP contribution is -2.36. The van der Waals surface area contributed by atoms with Gasteiger partial charge in [-0.3, -0.25) is 4.90 Å². The van der Waals surface area contributed by atoms with Crippen molar-refractivity contribution in [2.45, 2.75) is 51.9 Å². The fourth-order valence-electron chi connectivity index (χ4n) is 4.24. The maximum absolute atomic E-state index is 12.6. The lowest BCUT2D eigenvalue weighted by molar-refractivity contribution is 0.0199. The Balaban J connectivity index is 1.31. The standard InChI is InChI=1S/C28H29N3O4/c1-28(2,3)34-27(32)31-15-7-10-24(31)26-29-25(30-35-26)22-12-11-21-17-23(14-13-20(21)16-22)33-18-19-8-5-4-6-9-19/h4-6,8-9,11-14,16-17,24H,7,10,15,18H2,1-3H3. The van der Waals surface area contributed by atoms with Crippen LogP contribution in [0.25, 0.3) is 22.2 Å². The number of nitrogens with zero attached hydrogens (tertiary/aromatic N) is 3. The van der Waals surface area contributed by atoms with Crippen LogP contribution in [0.5, 0.6) is 5.75 Å². The monoisotopic (exact) mass is 471 g/mol. The molecule has 1 saturated heterocycles. The van der Waals surface area contributed by atoms with E-state index in [0.29, 0.717) is 24.9 Å². The SMILES string of the molecule is CC(C)(C)OC(=O)N1CCCC1c1nc(-c2ccc3cc(OCc4ccccc4)ccc3c2)no1. The summed E-state index contributed by atoms with van der Waals surface area (Å²) in [6.07, 6.45) is 1.28. The Hall–Kier alpha value is -3.87. The number of rotatable bonds is 5. The highest BCUT2D eigenvalue weighted by molar-refractivity contribution is 5.87. The molecule has 0 radical (unpaired) electrons. The molecule has 0 spiro atoms. The molecule has 1 unspecified atom stereocenters. The third kappa shape index (κ3) is 5.29. The molecule has 35 heavy (non-hydrogen) atoms. The lowest BCUT2D eigenvalue weighted by atomic mass is 10.1. The van der Waals surface area contributed by atoms with Gasteiger partial charge in [0.15, 0.2) is 0 Å². The molecule has 1 amide bonds. The molecule has 5 rings (SSSR count). The number of carbonyl (C=O) groups excluding carboxylic acids is 1. The van der Waals surface area contributed by atoms with Gasteiger partial charge in [-0.05, 0) is 68.1 Å². The van der Waals surface area contributed by atoms with E-state index >= 15 is 0 Å². The summed E-state index contributed by atoms with van der Waals surface area (Å²) in [7, 11) is 0. The predicted molar refractivity (Wildman–Crippen MR) is 133 cm³/mol. The number of amides is 1. The second-order valence-corrected chi connectivity index (χ2v) is 9.79. The number of aromatic nitrogens is 2. The molecule has 180 valence electrons. The van der Waals surface area contributed by atoms with Gasteiger partial charge >= 0.3 is 6.09 Å². The average molecular weight is 472 g/mol. The zero-order valence-electron chi connectivity index (χ0n) is 20.2. The molecular formula is C28H29N3O4. The number of benzene rings is 3. The van der Waals surface area contributed by atoms with Gasteiger partial charge < -0.3 is 14.0 Å². The minimum Gasteiger partial charge on any atom is -0.489 e. The summed E-state index contributed by atoms with van der Waals surface area (Å²) >= 11 is 0. The number of hydrogen-bond donors (Lipinski definition) is 0. The van der Waals surface area contributed by atoms with Crippen molar-refractivity contribution in [3.63, 3.8) is 0 Å². The highest BCUT2D eigenvalue weighted by atomic mass is 16.6. The summed E-state index contributed by atoms with van der Waals surface area (Å²) in [5.41, 5.74) is 1.43. The molecule has 3 aromatic carbocycles. The van der Waals surface area contributed by atoms with Gasteiger partial charge in [-0.25, -0.2) is 4.79 Å². The van der Waals surface area contributed by atoms with E-state index in [1.54, 1.807) is 4.90 Å². The third-order valence-electron chi connectivity index (χ3n) is 5.93. The summed E-state index contributed by atoms with van der Waals surface area (Å²) in [6.45, 7) is 6.72. The Bertz CT molecular complexity index is 1330. The van der Waals surface area contributed by atoms with Crippen LogP contribution in [0.3, 0.4) is 0 Å². The summed E-state index contributed by atoms with van der Waals surface area (Å²) in [5, 5.41) is 6.31. The van der Waals surface area contributed by atoms with Gasteiger partial charge in [0.05, 0.1) is 0 Å². The van der Waals surface area contributed by atoms with Crippen molar-refractivity contribution >= 4 is 16.9 Å². The molecule has 7 heteroatoms. The number of fused-ring (bicyclic) bond motifs is 1. The quantitative estimate of drug-likeness (QED) is 0.329. The summed E-state index contributed by atoms with van der Waals surface area (Å²) in [4.78, 5) is 18.9. The maximum Gasteiger partial charge on any atom is 0.410 e. The van der Waals surface area contributed by atoms with E-state index in [2.05, 4.69) is 10.1 Å². The zero-order chi connectivity index (χ0) is 24.4. The Labute approximate surface area is 204 Å². The molecule has 1 aliphatic heterocycles. The summed E-state index contributed by atoms with van der Waals surface area (Å²) in [5.74, 6) is 1.76. The number of carbonyl (C=O) groups is 1. The van der Waals surface area contributed by atoms with Crippen LogP contribution in [0, 0.1) is 0 Å². The first kappa shape index (κ1) is 22.9. The van der Waals surface area contributed by atoms with Crippen LogP contribution in [-0.4, -0.2) is 33.3 Å². The van der Waals surface area contributed by atoms with Gasteiger partial charge in [-0.1, -0.05) is 53.7 Å². The third-order valence-corrected chi connectivity index (χ3v) is 5.93. The lowest BCUT2D eigenvalue weighted by Gasteiger charge is -2.26. The van der Waals surface area contributed by atoms with Gasteiger partial charge in [0, 0.05) is 12.1 Å². The first-order valence-electron chi connectivity index (χ1n) is 11.9. The molecule has 1 aromatic heterocycles. The van der Waals surface area contributed by atoms with Gasteiger partial charge in [0.1, 0.15) is 24.0 Å². The molecule has 0 N–H and O–H groups in total. The molecule has 0 saturated carbocycles. The van der Waals surface area contributed by atoms with Crippen LogP contribution in [-0.2, 0) is 11.3 Å². The molecule has 2 heterocycles. The van der Waals surface area contributed by atoms with Gasteiger partial charge in [0.2, 0.25) is 11.7 Å². The first-order chi connectivity index (χ1) is 16.9. The number of likely N-dealkylation sites (tertiary alicyclic amines) is 1. The van der Waals surface area contributed by atoms with Crippen LogP contribution < -0.4 is 4.74 Å². The fourth-order valence-corrected chi connectivity index (χ4v) is 4.24. The second-order valence-electron chi connectivity index (χ2n) is 9.79. The molecule has 1 fully saturated rings. The van der Waals surface area contributed by atoms with Crippen molar-refractivity contribution in [2.24, 2.45) is 0 Å². The zero-order valence-corrected chi connectivity index (χ0v) is 20.2. The van der Waals surface area contributed by atoms with Gasteiger partial charge in [-0.15, -0.1) is 0 Å².